The molecule has 0 aliphatic heterocycles. The van der Waals surface area contributed by atoms with Gasteiger partial charge in [-0.25, -0.2) is 4.98 Å². The number of carbonyl (C=O) groups excluding carboxylic acids is 1. The smallest absolute Gasteiger partial charge is 0.262 e. The van der Waals surface area contributed by atoms with Gasteiger partial charge in [-0.05, 0) is 66.1 Å². The first-order chi connectivity index (χ1) is 14.5. The first kappa shape index (κ1) is 20.0. The van der Waals surface area contributed by atoms with Gasteiger partial charge in [0.1, 0.15) is 11.3 Å². The summed E-state index contributed by atoms with van der Waals surface area (Å²) < 4.78 is 11.4. The molecule has 0 atom stereocenters. The minimum atomic E-state index is -0.247. The van der Waals surface area contributed by atoms with Crippen molar-refractivity contribution in [3.05, 3.63) is 77.3 Å². The number of ether oxygens (including phenoxy) is 1. The van der Waals surface area contributed by atoms with Gasteiger partial charge in [-0.1, -0.05) is 37.6 Å². The Hall–Kier alpha value is -3.31. The van der Waals surface area contributed by atoms with E-state index in [2.05, 4.69) is 24.1 Å². The topological polar surface area (TPSA) is 64.4 Å². The zero-order valence-corrected chi connectivity index (χ0v) is 17.4. The number of nitrogens with one attached hydrogen (secondary N) is 1. The number of rotatable bonds is 6. The lowest BCUT2D eigenvalue weighted by molar-refractivity contribution is -0.118. The summed E-state index contributed by atoms with van der Waals surface area (Å²) in [6.45, 7) is 4.19. The fraction of sp³-hybridized carbons (Fsp3) is 0.167. The number of nitrogens with zero attached hydrogens (tertiary/aromatic N) is 1. The second-order valence-electron chi connectivity index (χ2n) is 7.27. The van der Waals surface area contributed by atoms with Gasteiger partial charge in [-0.2, -0.15) is 0 Å². The van der Waals surface area contributed by atoms with E-state index in [1.54, 1.807) is 30.3 Å². The summed E-state index contributed by atoms with van der Waals surface area (Å²) in [5.41, 5.74) is 3.98. The number of fused-ring (bicyclic) bond motifs is 1. The van der Waals surface area contributed by atoms with Crippen LogP contribution >= 0.6 is 11.6 Å². The molecule has 6 heteroatoms. The van der Waals surface area contributed by atoms with Crippen molar-refractivity contribution in [2.24, 2.45) is 0 Å². The minimum absolute atomic E-state index is 0.0755. The number of anilines is 1. The summed E-state index contributed by atoms with van der Waals surface area (Å²) in [4.78, 5) is 16.8. The monoisotopic (exact) mass is 420 g/mol. The van der Waals surface area contributed by atoms with Crippen molar-refractivity contribution in [2.75, 3.05) is 11.9 Å². The number of carbonyl (C=O) groups is 1. The summed E-state index contributed by atoms with van der Waals surface area (Å²) in [5.74, 6) is 1.37. The molecular formula is C24H21ClN2O3. The second-order valence-corrected chi connectivity index (χ2v) is 7.71. The van der Waals surface area contributed by atoms with Crippen LogP contribution in [0.4, 0.5) is 5.69 Å². The second kappa shape index (κ2) is 8.59. The maximum absolute atomic E-state index is 12.3. The third kappa shape index (κ3) is 4.63. The largest absolute Gasteiger partial charge is 0.484 e. The summed E-state index contributed by atoms with van der Waals surface area (Å²) in [6.07, 6.45) is 0. The van der Waals surface area contributed by atoms with Crippen LogP contribution in [-0.2, 0) is 4.79 Å². The Balaban J connectivity index is 1.40. The lowest BCUT2D eigenvalue weighted by Crippen LogP contribution is -2.20. The van der Waals surface area contributed by atoms with E-state index in [1.165, 1.54) is 5.56 Å². The Morgan fingerprint density at radius 1 is 1.07 bits per heavy atom. The molecule has 0 radical (unpaired) electrons. The summed E-state index contributed by atoms with van der Waals surface area (Å²) in [5, 5.41) is 3.48. The highest BCUT2D eigenvalue weighted by atomic mass is 35.5. The molecule has 0 aliphatic carbocycles. The molecule has 0 bridgehead atoms. The quantitative estimate of drug-likeness (QED) is 0.398. The molecule has 30 heavy (non-hydrogen) atoms. The van der Waals surface area contributed by atoms with Crippen molar-refractivity contribution in [3.8, 4) is 17.2 Å². The van der Waals surface area contributed by atoms with Crippen molar-refractivity contribution < 1.29 is 13.9 Å². The molecular weight excluding hydrogens is 400 g/mol. The molecule has 1 aromatic heterocycles. The molecule has 4 aromatic rings. The fourth-order valence-corrected chi connectivity index (χ4v) is 3.14. The number of amides is 1. The van der Waals surface area contributed by atoms with Crippen LogP contribution in [0.1, 0.15) is 25.3 Å². The van der Waals surface area contributed by atoms with Gasteiger partial charge < -0.3 is 14.5 Å². The lowest BCUT2D eigenvalue weighted by atomic mass is 10.0. The number of halogens is 1. The average molecular weight is 421 g/mol. The van der Waals surface area contributed by atoms with Crippen LogP contribution in [0.3, 0.4) is 0 Å². The van der Waals surface area contributed by atoms with Crippen molar-refractivity contribution in [2.45, 2.75) is 19.8 Å². The van der Waals surface area contributed by atoms with Crippen LogP contribution in [0.2, 0.25) is 5.02 Å². The zero-order chi connectivity index (χ0) is 21.1. The van der Waals surface area contributed by atoms with E-state index in [1.807, 2.05) is 36.4 Å². The van der Waals surface area contributed by atoms with Gasteiger partial charge in [0.15, 0.2) is 12.2 Å². The number of oxazole rings is 1. The molecule has 5 nitrogen and oxygen atoms in total. The van der Waals surface area contributed by atoms with E-state index in [0.29, 0.717) is 39.4 Å². The van der Waals surface area contributed by atoms with E-state index in [4.69, 9.17) is 20.8 Å². The molecule has 0 saturated carbocycles. The standard InChI is InChI=1S/C24H21ClN2O3/c1-15(2)16-5-10-20(11-6-16)29-14-23(28)26-19-9-12-22-21(13-19)27-24(30-22)17-3-7-18(25)8-4-17/h3-13,15H,14H2,1-2H3,(H,26,28). The van der Waals surface area contributed by atoms with Crippen LogP contribution in [0, 0.1) is 0 Å². The van der Waals surface area contributed by atoms with Crippen LogP contribution in [0.25, 0.3) is 22.6 Å². The molecule has 4 rings (SSSR count). The van der Waals surface area contributed by atoms with Gasteiger partial charge in [0.05, 0.1) is 0 Å². The Kier molecular flexibility index (Phi) is 5.72. The van der Waals surface area contributed by atoms with Crippen molar-refractivity contribution >= 4 is 34.3 Å². The van der Waals surface area contributed by atoms with Crippen LogP contribution in [0.15, 0.2) is 71.1 Å². The molecule has 152 valence electrons. The molecule has 1 N–H and O–H groups in total. The van der Waals surface area contributed by atoms with E-state index in [9.17, 15) is 4.79 Å². The molecule has 1 heterocycles. The zero-order valence-electron chi connectivity index (χ0n) is 16.7. The summed E-state index contributed by atoms with van der Waals surface area (Å²) in [6, 6.07) is 20.4. The molecule has 3 aromatic carbocycles. The average Bonchev–Trinajstić information content (AvgIpc) is 3.16. The minimum Gasteiger partial charge on any atom is -0.484 e. The Labute approximate surface area is 179 Å². The van der Waals surface area contributed by atoms with Crippen molar-refractivity contribution in [3.63, 3.8) is 0 Å². The Morgan fingerprint density at radius 2 is 1.80 bits per heavy atom. The molecule has 0 spiro atoms. The highest BCUT2D eigenvalue weighted by Gasteiger charge is 2.10. The van der Waals surface area contributed by atoms with Crippen molar-refractivity contribution in [1.29, 1.82) is 0 Å². The third-order valence-electron chi connectivity index (χ3n) is 4.68. The van der Waals surface area contributed by atoms with Gasteiger partial charge in [-0.3, -0.25) is 4.79 Å². The first-order valence-electron chi connectivity index (χ1n) is 9.67. The predicted octanol–water partition coefficient (Wildman–Crippen LogP) is 6.29. The molecule has 0 saturated heterocycles. The molecule has 1 amide bonds. The van der Waals surface area contributed by atoms with Gasteiger partial charge in [0.2, 0.25) is 5.89 Å². The normalized spacial score (nSPS) is 11.1. The Morgan fingerprint density at radius 3 is 2.50 bits per heavy atom. The summed E-state index contributed by atoms with van der Waals surface area (Å²) in [7, 11) is 0. The van der Waals surface area contributed by atoms with Gasteiger partial charge in [-0.15, -0.1) is 0 Å². The maximum atomic E-state index is 12.3. The van der Waals surface area contributed by atoms with E-state index < -0.39 is 0 Å². The number of benzene rings is 3. The van der Waals surface area contributed by atoms with Gasteiger partial charge in [0.25, 0.3) is 5.91 Å². The van der Waals surface area contributed by atoms with Crippen molar-refractivity contribution in [1.82, 2.24) is 4.98 Å². The van der Waals surface area contributed by atoms with E-state index >= 15 is 0 Å². The Bertz CT molecular complexity index is 1170. The first-order valence-corrected chi connectivity index (χ1v) is 10.0. The van der Waals surface area contributed by atoms with Crippen LogP contribution in [0.5, 0.6) is 5.75 Å². The van der Waals surface area contributed by atoms with E-state index in [0.717, 1.165) is 5.56 Å². The van der Waals surface area contributed by atoms with E-state index in [-0.39, 0.29) is 12.5 Å². The predicted molar refractivity (Wildman–Crippen MR) is 119 cm³/mol. The number of hydrogen-bond acceptors (Lipinski definition) is 4. The maximum Gasteiger partial charge on any atom is 0.262 e. The fourth-order valence-electron chi connectivity index (χ4n) is 3.02. The lowest BCUT2D eigenvalue weighted by Gasteiger charge is -2.09. The molecule has 0 aliphatic rings. The summed E-state index contributed by atoms with van der Waals surface area (Å²) >= 11 is 5.93. The number of hydrogen-bond donors (Lipinski definition) is 1. The molecule has 0 fully saturated rings. The third-order valence-corrected chi connectivity index (χ3v) is 4.93. The van der Waals surface area contributed by atoms with Crippen LogP contribution in [-0.4, -0.2) is 17.5 Å². The van der Waals surface area contributed by atoms with Gasteiger partial charge in [0, 0.05) is 16.3 Å². The molecule has 0 unspecified atom stereocenters. The number of aromatic nitrogens is 1. The highest BCUT2D eigenvalue weighted by molar-refractivity contribution is 6.30. The van der Waals surface area contributed by atoms with Gasteiger partial charge >= 0.3 is 0 Å². The highest BCUT2D eigenvalue weighted by Crippen LogP contribution is 2.27. The van der Waals surface area contributed by atoms with Crippen LogP contribution < -0.4 is 10.1 Å². The SMILES string of the molecule is CC(C)c1ccc(OCC(=O)Nc2ccc3oc(-c4ccc(Cl)cc4)nc3c2)cc1.